The van der Waals surface area contributed by atoms with Crippen molar-refractivity contribution in [3.8, 4) is 11.5 Å². The zero-order valence-electron chi connectivity index (χ0n) is 14.6. The number of benzene rings is 2. The minimum atomic E-state index is -1.07. The topological polar surface area (TPSA) is 105 Å². The first-order valence-corrected chi connectivity index (χ1v) is 7.77. The van der Waals surface area contributed by atoms with Gasteiger partial charge in [0.25, 0.3) is 0 Å². The van der Waals surface area contributed by atoms with Crippen molar-refractivity contribution in [1.29, 1.82) is 0 Å². The Bertz CT molecular complexity index is 859. The average molecular weight is 357 g/mol. The number of hydrogen-bond acceptors (Lipinski definition) is 5. The third-order valence-corrected chi connectivity index (χ3v) is 3.64. The normalized spacial score (nSPS) is 12.0. The van der Waals surface area contributed by atoms with Gasteiger partial charge in [-0.05, 0) is 61.4 Å². The van der Waals surface area contributed by atoms with Crippen molar-refractivity contribution in [2.75, 3.05) is 7.11 Å². The first-order chi connectivity index (χ1) is 12.3. The molecule has 0 unspecified atom stereocenters. The molecule has 26 heavy (non-hydrogen) atoms. The van der Waals surface area contributed by atoms with Gasteiger partial charge in [0.1, 0.15) is 0 Å². The summed E-state index contributed by atoms with van der Waals surface area (Å²) in [5.74, 6) is -1.35. The number of aliphatic carboxylic acids is 1. The van der Waals surface area contributed by atoms with Crippen LogP contribution in [0.4, 0.5) is 5.69 Å². The number of carbonyl (C=O) groups is 2. The van der Waals surface area contributed by atoms with Crippen molar-refractivity contribution < 1.29 is 29.3 Å². The zero-order valence-corrected chi connectivity index (χ0v) is 14.6. The van der Waals surface area contributed by atoms with Crippen molar-refractivity contribution in [3.63, 3.8) is 0 Å². The summed E-state index contributed by atoms with van der Waals surface area (Å²) >= 11 is 0. The maximum absolute atomic E-state index is 11.0. The molecule has 1 atom stereocenters. The molecule has 0 aromatic heterocycles. The molecule has 0 saturated heterocycles. The number of rotatable bonds is 7. The van der Waals surface area contributed by atoms with E-state index in [1.165, 1.54) is 20.1 Å². The number of methoxy groups -OCH3 is 1. The fourth-order valence-electron chi connectivity index (χ4n) is 2.18. The van der Waals surface area contributed by atoms with Crippen LogP contribution in [0.3, 0.4) is 0 Å². The molecule has 7 heteroatoms. The van der Waals surface area contributed by atoms with Gasteiger partial charge in [0.05, 0.1) is 18.4 Å². The van der Waals surface area contributed by atoms with E-state index in [1.54, 1.807) is 43.5 Å². The Labute approximate surface area is 150 Å². The fourth-order valence-corrected chi connectivity index (χ4v) is 2.18. The first-order valence-electron chi connectivity index (χ1n) is 7.77. The Kier molecular flexibility index (Phi) is 5.95. The van der Waals surface area contributed by atoms with Gasteiger partial charge in [-0.3, -0.25) is 4.99 Å². The Morgan fingerprint density at radius 3 is 2.42 bits per heavy atom. The number of hydrogen-bond donors (Lipinski definition) is 2. The van der Waals surface area contributed by atoms with Gasteiger partial charge < -0.3 is 19.7 Å². The molecule has 0 radical (unpaired) electrons. The summed E-state index contributed by atoms with van der Waals surface area (Å²) in [4.78, 5) is 26.2. The number of carboxylic acids is 2. The average Bonchev–Trinajstić information content (AvgIpc) is 2.61. The van der Waals surface area contributed by atoms with Gasteiger partial charge in [0.2, 0.25) is 0 Å². The van der Waals surface area contributed by atoms with Crippen LogP contribution >= 0.6 is 0 Å². The molecule has 0 amide bonds. The Morgan fingerprint density at radius 1 is 1.12 bits per heavy atom. The summed E-state index contributed by atoms with van der Waals surface area (Å²) < 4.78 is 10.6. The van der Waals surface area contributed by atoms with E-state index in [2.05, 4.69) is 4.99 Å². The molecule has 136 valence electrons. The summed E-state index contributed by atoms with van der Waals surface area (Å²) in [5.41, 5.74) is 2.31. The van der Waals surface area contributed by atoms with Crippen LogP contribution in [0.15, 0.2) is 41.4 Å². The molecule has 2 aromatic carbocycles. The summed E-state index contributed by atoms with van der Waals surface area (Å²) in [7, 11) is 1.46. The lowest BCUT2D eigenvalue weighted by molar-refractivity contribution is -0.144. The lowest BCUT2D eigenvalue weighted by atomic mass is 10.1. The van der Waals surface area contributed by atoms with E-state index in [0.29, 0.717) is 17.2 Å². The molecular formula is C19H19NO6. The molecule has 0 saturated carbocycles. The van der Waals surface area contributed by atoms with Crippen LogP contribution in [0.5, 0.6) is 11.5 Å². The molecule has 0 aliphatic rings. The second-order valence-corrected chi connectivity index (χ2v) is 5.57. The number of ether oxygens (including phenoxy) is 2. The van der Waals surface area contributed by atoms with Gasteiger partial charge in [-0.15, -0.1) is 0 Å². The van der Waals surface area contributed by atoms with Crippen molar-refractivity contribution in [2.24, 2.45) is 4.99 Å². The molecule has 0 spiro atoms. The highest BCUT2D eigenvalue weighted by atomic mass is 16.5. The molecule has 0 bridgehead atoms. The van der Waals surface area contributed by atoms with Crippen molar-refractivity contribution >= 4 is 23.8 Å². The summed E-state index contributed by atoms with van der Waals surface area (Å²) in [6.45, 7) is 3.21. The highest BCUT2D eigenvalue weighted by Crippen LogP contribution is 2.29. The van der Waals surface area contributed by atoms with Crippen LogP contribution in [0.25, 0.3) is 0 Å². The smallest absolute Gasteiger partial charge is 0.344 e. The minimum Gasteiger partial charge on any atom is -0.493 e. The van der Waals surface area contributed by atoms with Crippen molar-refractivity contribution in [3.05, 3.63) is 53.1 Å². The summed E-state index contributed by atoms with van der Waals surface area (Å²) in [6, 6.07) is 9.69. The maximum atomic E-state index is 11.0. The van der Waals surface area contributed by atoms with Crippen LogP contribution in [-0.2, 0) is 4.79 Å². The third-order valence-electron chi connectivity index (χ3n) is 3.64. The predicted molar refractivity (Wildman–Crippen MR) is 96.1 cm³/mol. The van der Waals surface area contributed by atoms with Gasteiger partial charge in [0.15, 0.2) is 17.6 Å². The number of carboxylic acid groups (broad SMARTS) is 2. The van der Waals surface area contributed by atoms with E-state index in [9.17, 15) is 9.59 Å². The lowest BCUT2D eigenvalue weighted by Gasteiger charge is -2.14. The first kappa shape index (κ1) is 19.0. The quantitative estimate of drug-likeness (QED) is 0.737. The number of nitrogens with zero attached hydrogens (tertiary/aromatic N) is 1. The summed E-state index contributed by atoms with van der Waals surface area (Å²) in [6.07, 6.45) is 0.606. The van der Waals surface area contributed by atoms with E-state index in [0.717, 1.165) is 11.1 Å². The van der Waals surface area contributed by atoms with Crippen LogP contribution in [0.1, 0.15) is 28.4 Å². The molecule has 2 rings (SSSR count). The molecule has 7 nitrogen and oxygen atoms in total. The molecule has 0 fully saturated rings. The molecule has 2 N–H and O–H groups in total. The van der Waals surface area contributed by atoms with E-state index < -0.39 is 18.0 Å². The Morgan fingerprint density at radius 2 is 1.85 bits per heavy atom. The number of aryl methyl sites for hydroxylation is 1. The van der Waals surface area contributed by atoms with Gasteiger partial charge in [-0.2, -0.15) is 0 Å². The highest BCUT2D eigenvalue weighted by molar-refractivity contribution is 5.89. The molecular weight excluding hydrogens is 338 g/mol. The van der Waals surface area contributed by atoms with E-state index in [-0.39, 0.29) is 5.56 Å². The number of aromatic carboxylic acids is 1. The van der Waals surface area contributed by atoms with Crippen LogP contribution < -0.4 is 9.47 Å². The lowest BCUT2D eigenvalue weighted by Crippen LogP contribution is -2.23. The Balaban J connectivity index is 2.23. The van der Waals surface area contributed by atoms with Crippen LogP contribution in [-0.4, -0.2) is 41.6 Å². The van der Waals surface area contributed by atoms with Crippen LogP contribution in [0, 0.1) is 6.92 Å². The molecule has 0 aliphatic heterocycles. The van der Waals surface area contributed by atoms with Crippen molar-refractivity contribution in [2.45, 2.75) is 20.0 Å². The fraction of sp³-hybridized carbons (Fsp3) is 0.211. The largest absolute Gasteiger partial charge is 0.493 e. The van der Waals surface area contributed by atoms with Gasteiger partial charge in [0, 0.05) is 6.21 Å². The minimum absolute atomic E-state index is 0.206. The van der Waals surface area contributed by atoms with E-state index >= 15 is 0 Å². The third kappa shape index (κ3) is 4.60. The highest BCUT2D eigenvalue weighted by Gasteiger charge is 2.15. The van der Waals surface area contributed by atoms with Gasteiger partial charge in [-0.25, -0.2) is 9.59 Å². The van der Waals surface area contributed by atoms with E-state index in [4.69, 9.17) is 19.7 Å². The molecule has 2 aromatic rings. The zero-order chi connectivity index (χ0) is 19.3. The second kappa shape index (κ2) is 8.15. The SMILES string of the molecule is COc1cc(C=Nc2ccc(C(=O)O)cc2C)ccc1O[C@H](C)C(=O)O. The van der Waals surface area contributed by atoms with Gasteiger partial charge >= 0.3 is 11.9 Å². The Hall–Kier alpha value is -3.35. The predicted octanol–water partition coefficient (Wildman–Crippen LogP) is 3.30. The van der Waals surface area contributed by atoms with Gasteiger partial charge in [-0.1, -0.05) is 0 Å². The van der Waals surface area contributed by atoms with Crippen molar-refractivity contribution in [1.82, 2.24) is 0 Å². The van der Waals surface area contributed by atoms with Crippen LogP contribution in [0.2, 0.25) is 0 Å². The monoisotopic (exact) mass is 357 g/mol. The summed E-state index contributed by atoms with van der Waals surface area (Å²) in [5, 5.41) is 17.9. The number of aliphatic imine (C=N–C) groups is 1. The van der Waals surface area contributed by atoms with E-state index in [1.807, 2.05) is 0 Å². The second-order valence-electron chi connectivity index (χ2n) is 5.57. The standard InChI is InChI=1S/C19H19NO6/c1-11-8-14(19(23)24)5-6-15(11)20-10-13-4-7-16(17(9-13)25-3)26-12(2)18(21)22/h4-10,12H,1-3H3,(H,21,22)(H,23,24)/t12-/m1/s1. The molecule has 0 aliphatic carbocycles. The molecule has 0 heterocycles. The maximum Gasteiger partial charge on any atom is 0.344 e.